The van der Waals surface area contributed by atoms with Gasteiger partial charge in [-0.25, -0.2) is 4.79 Å². The SMILES string of the molecule is NC(=O)c1c(OC(=O)COCCOCCNC(=O)COc2cc(O)c3c(=O)c(-c4ccc(O)cc4)coc3c2)ccc(N)c1O. The van der Waals surface area contributed by atoms with Crippen LogP contribution >= 0.6 is 0 Å². The number of nitrogens with two attached hydrogens (primary N) is 2. The van der Waals surface area contributed by atoms with E-state index in [0.29, 0.717) is 5.56 Å². The Kier molecular flexibility index (Phi) is 10.4. The third kappa shape index (κ3) is 8.19. The van der Waals surface area contributed by atoms with Gasteiger partial charge in [-0.15, -0.1) is 0 Å². The summed E-state index contributed by atoms with van der Waals surface area (Å²) < 4.78 is 26.4. The Morgan fingerprint density at radius 1 is 0.911 bits per heavy atom. The number of esters is 1. The summed E-state index contributed by atoms with van der Waals surface area (Å²) in [5.41, 5.74) is 10.4. The highest BCUT2D eigenvalue weighted by molar-refractivity contribution is 6.01. The summed E-state index contributed by atoms with van der Waals surface area (Å²) in [7, 11) is 0. The zero-order valence-corrected chi connectivity index (χ0v) is 23.6. The molecule has 3 aromatic carbocycles. The van der Waals surface area contributed by atoms with Crippen LogP contribution in [0.25, 0.3) is 22.1 Å². The fourth-order valence-corrected chi connectivity index (χ4v) is 4.03. The van der Waals surface area contributed by atoms with E-state index < -0.39 is 47.7 Å². The molecule has 15 heteroatoms. The Labute approximate surface area is 254 Å². The number of nitrogens with one attached hydrogen (secondary N) is 1. The molecule has 0 spiro atoms. The lowest BCUT2D eigenvalue weighted by Gasteiger charge is -2.11. The highest BCUT2D eigenvalue weighted by Gasteiger charge is 2.20. The topological polar surface area (TPSA) is 243 Å². The average molecular weight is 624 g/mol. The first kappa shape index (κ1) is 32.1. The fourth-order valence-electron chi connectivity index (χ4n) is 4.03. The normalized spacial score (nSPS) is 10.8. The lowest BCUT2D eigenvalue weighted by atomic mass is 10.0. The van der Waals surface area contributed by atoms with E-state index >= 15 is 0 Å². The molecule has 4 aromatic rings. The summed E-state index contributed by atoms with van der Waals surface area (Å²) in [6.45, 7) is -0.510. The van der Waals surface area contributed by atoms with Crippen LogP contribution in [-0.2, 0) is 19.1 Å². The molecule has 0 unspecified atom stereocenters. The Bertz CT molecular complexity index is 1770. The molecule has 0 fully saturated rings. The van der Waals surface area contributed by atoms with Crippen molar-refractivity contribution in [3.63, 3.8) is 0 Å². The number of amides is 2. The van der Waals surface area contributed by atoms with E-state index in [1.165, 1.54) is 42.7 Å². The number of carbonyl (C=O) groups is 3. The Hall–Kier alpha value is -5.80. The number of phenols is 3. The number of fused-ring (bicyclic) bond motifs is 1. The Morgan fingerprint density at radius 2 is 1.64 bits per heavy atom. The molecule has 0 atom stereocenters. The third-order valence-electron chi connectivity index (χ3n) is 6.18. The van der Waals surface area contributed by atoms with Crippen molar-refractivity contribution >= 4 is 34.4 Å². The first-order valence-corrected chi connectivity index (χ1v) is 13.3. The predicted octanol–water partition coefficient (Wildman–Crippen LogP) is 1.39. The van der Waals surface area contributed by atoms with Gasteiger partial charge in [0.15, 0.2) is 12.4 Å². The molecule has 0 saturated heterocycles. The lowest BCUT2D eigenvalue weighted by molar-refractivity contribution is -0.140. The van der Waals surface area contributed by atoms with Crippen molar-refractivity contribution in [3.8, 4) is 39.9 Å². The minimum absolute atomic E-state index is 0.0137. The van der Waals surface area contributed by atoms with Gasteiger partial charge in [0.05, 0.1) is 31.1 Å². The van der Waals surface area contributed by atoms with Gasteiger partial charge in [-0.3, -0.25) is 14.4 Å². The van der Waals surface area contributed by atoms with Crippen molar-refractivity contribution in [1.29, 1.82) is 0 Å². The van der Waals surface area contributed by atoms with E-state index in [9.17, 15) is 34.5 Å². The molecular formula is C30H29N3O12. The molecule has 4 rings (SSSR count). The second-order valence-electron chi connectivity index (χ2n) is 9.36. The second kappa shape index (κ2) is 14.6. The standard InChI is InChI=1S/C30H29N3O12/c31-20-5-6-22(27(29(20)39)30(32)40)45-25(37)15-42-10-9-41-8-7-33-24(36)14-43-18-11-21(35)26-23(12-18)44-13-19(28(26)38)16-1-3-17(34)4-2-16/h1-6,11-13,34-35,39H,7-10,14-15,31H2,(H2,32,40)(H,33,36). The highest BCUT2D eigenvalue weighted by atomic mass is 16.6. The van der Waals surface area contributed by atoms with Gasteiger partial charge in [0.2, 0.25) is 5.43 Å². The van der Waals surface area contributed by atoms with Gasteiger partial charge in [0, 0.05) is 18.7 Å². The molecule has 2 amide bonds. The zero-order chi connectivity index (χ0) is 32.5. The number of phenolic OH excluding ortho intramolecular Hbond substituents is 2. The van der Waals surface area contributed by atoms with Crippen LogP contribution in [0.5, 0.6) is 28.7 Å². The van der Waals surface area contributed by atoms with Crippen LogP contribution in [0, 0.1) is 0 Å². The van der Waals surface area contributed by atoms with Crippen molar-refractivity contribution in [3.05, 3.63) is 70.6 Å². The number of anilines is 1. The van der Waals surface area contributed by atoms with Crippen molar-refractivity contribution < 1.29 is 53.1 Å². The molecule has 8 N–H and O–H groups in total. The van der Waals surface area contributed by atoms with Crippen LogP contribution in [-0.4, -0.2) is 72.7 Å². The van der Waals surface area contributed by atoms with Crippen LogP contribution in [0.4, 0.5) is 5.69 Å². The van der Waals surface area contributed by atoms with Gasteiger partial charge in [-0.05, 0) is 29.8 Å². The van der Waals surface area contributed by atoms with Gasteiger partial charge >= 0.3 is 5.97 Å². The molecular weight excluding hydrogens is 594 g/mol. The van der Waals surface area contributed by atoms with E-state index in [4.69, 9.17) is 34.8 Å². The van der Waals surface area contributed by atoms with Crippen LogP contribution in [0.15, 0.2) is 64.0 Å². The van der Waals surface area contributed by atoms with E-state index in [-0.39, 0.29) is 71.6 Å². The van der Waals surface area contributed by atoms with Crippen LogP contribution < -0.4 is 31.7 Å². The molecule has 0 bridgehead atoms. The van der Waals surface area contributed by atoms with Crippen LogP contribution in [0.3, 0.4) is 0 Å². The minimum Gasteiger partial charge on any atom is -0.508 e. The molecule has 0 aliphatic carbocycles. The molecule has 236 valence electrons. The number of benzene rings is 3. The molecule has 1 heterocycles. The van der Waals surface area contributed by atoms with E-state index in [2.05, 4.69) is 5.32 Å². The molecule has 1 aromatic heterocycles. The zero-order valence-electron chi connectivity index (χ0n) is 23.6. The smallest absolute Gasteiger partial charge is 0.337 e. The van der Waals surface area contributed by atoms with Gasteiger partial charge in [-0.2, -0.15) is 0 Å². The maximum atomic E-state index is 12.9. The molecule has 15 nitrogen and oxygen atoms in total. The number of rotatable bonds is 14. The number of ether oxygens (including phenoxy) is 4. The number of hydrogen-bond donors (Lipinski definition) is 6. The predicted molar refractivity (Wildman–Crippen MR) is 158 cm³/mol. The summed E-state index contributed by atoms with van der Waals surface area (Å²) in [6, 6.07) is 11.0. The number of primary amides is 1. The molecule has 45 heavy (non-hydrogen) atoms. The third-order valence-corrected chi connectivity index (χ3v) is 6.18. The van der Waals surface area contributed by atoms with Crippen LogP contribution in [0.1, 0.15) is 10.4 Å². The van der Waals surface area contributed by atoms with E-state index in [0.717, 1.165) is 0 Å². The maximum Gasteiger partial charge on any atom is 0.337 e. The average Bonchev–Trinajstić information content (AvgIpc) is 2.99. The quantitative estimate of drug-likeness (QED) is 0.0383. The van der Waals surface area contributed by atoms with Crippen molar-refractivity contribution in [2.45, 2.75) is 0 Å². The van der Waals surface area contributed by atoms with Gasteiger partial charge in [0.1, 0.15) is 52.4 Å². The second-order valence-corrected chi connectivity index (χ2v) is 9.36. The highest BCUT2D eigenvalue weighted by Crippen LogP contribution is 2.33. The number of aromatic hydroxyl groups is 3. The van der Waals surface area contributed by atoms with Crippen molar-refractivity contribution in [2.24, 2.45) is 5.73 Å². The largest absolute Gasteiger partial charge is 0.508 e. The first-order valence-electron chi connectivity index (χ1n) is 13.3. The molecule has 0 saturated carbocycles. The summed E-state index contributed by atoms with van der Waals surface area (Å²) in [4.78, 5) is 48.6. The fraction of sp³-hybridized carbons (Fsp3) is 0.200. The Morgan fingerprint density at radius 3 is 2.38 bits per heavy atom. The van der Waals surface area contributed by atoms with Crippen molar-refractivity contribution in [1.82, 2.24) is 5.32 Å². The van der Waals surface area contributed by atoms with E-state index in [1.54, 1.807) is 12.1 Å². The Balaban J connectivity index is 1.14. The van der Waals surface area contributed by atoms with Gasteiger partial charge in [-0.1, -0.05) is 12.1 Å². The monoisotopic (exact) mass is 623 g/mol. The van der Waals surface area contributed by atoms with Gasteiger partial charge < -0.3 is 55.5 Å². The summed E-state index contributed by atoms with van der Waals surface area (Å²) in [6.07, 6.45) is 1.23. The molecule has 0 radical (unpaired) electrons. The number of hydrogen-bond acceptors (Lipinski definition) is 13. The summed E-state index contributed by atoms with van der Waals surface area (Å²) in [5.74, 6) is -3.47. The van der Waals surface area contributed by atoms with Crippen LogP contribution in [0.2, 0.25) is 0 Å². The maximum absolute atomic E-state index is 12.9. The lowest BCUT2D eigenvalue weighted by Crippen LogP contribution is -2.32. The number of carbonyl (C=O) groups excluding carboxylic acids is 3. The molecule has 0 aliphatic heterocycles. The summed E-state index contributed by atoms with van der Waals surface area (Å²) in [5, 5.41) is 32.3. The number of nitrogen functional groups attached to an aromatic ring is 1. The summed E-state index contributed by atoms with van der Waals surface area (Å²) >= 11 is 0. The van der Waals surface area contributed by atoms with Gasteiger partial charge in [0.25, 0.3) is 11.8 Å². The molecule has 0 aliphatic rings. The minimum atomic E-state index is -1.03. The van der Waals surface area contributed by atoms with Crippen molar-refractivity contribution in [2.75, 3.05) is 45.3 Å². The first-order chi connectivity index (χ1) is 21.5. The van der Waals surface area contributed by atoms with E-state index in [1.807, 2.05) is 0 Å².